The van der Waals surface area contributed by atoms with Gasteiger partial charge in [0.25, 0.3) is 0 Å². The fraction of sp³-hybridized carbons (Fsp3) is 0.562. The number of nitro groups is 1. The van der Waals surface area contributed by atoms with E-state index in [0.29, 0.717) is 18.4 Å². The van der Waals surface area contributed by atoms with E-state index >= 15 is 0 Å². The van der Waals surface area contributed by atoms with Crippen molar-refractivity contribution in [3.63, 3.8) is 0 Å². The van der Waals surface area contributed by atoms with E-state index in [-0.39, 0.29) is 16.1 Å². The summed E-state index contributed by atoms with van der Waals surface area (Å²) >= 11 is 0. The molecule has 1 aliphatic rings. The Morgan fingerprint density at radius 1 is 1.15 bits per heavy atom. The van der Waals surface area contributed by atoms with Gasteiger partial charge in [0.05, 0.1) is 0 Å². The largest absolute Gasteiger partial charge is 0.304 e. The zero-order valence-corrected chi connectivity index (χ0v) is 12.3. The first-order chi connectivity index (χ1) is 9.28. The van der Waals surface area contributed by atoms with Gasteiger partial charge in [0, 0.05) is 23.3 Å². The van der Waals surface area contributed by atoms with Gasteiger partial charge in [-0.1, -0.05) is 45.0 Å². The third kappa shape index (κ3) is 2.35. The third-order valence-corrected chi connectivity index (χ3v) is 4.19. The summed E-state index contributed by atoms with van der Waals surface area (Å²) in [4.78, 5) is 23.4. The lowest BCUT2D eigenvalue weighted by atomic mass is 9.75. The lowest BCUT2D eigenvalue weighted by Crippen LogP contribution is -2.45. The Bertz CT molecular complexity index is 528. The van der Waals surface area contributed by atoms with E-state index in [0.717, 1.165) is 18.4 Å². The fourth-order valence-electron chi connectivity index (χ4n) is 2.86. The Hall–Kier alpha value is -1.71. The van der Waals surface area contributed by atoms with E-state index in [1.165, 1.54) is 0 Å². The quantitative estimate of drug-likeness (QED) is 0.612. The molecule has 1 saturated carbocycles. The molecule has 0 amide bonds. The second-order valence-corrected chi connectivity index (χ2v) is 6.58. The molecule has 1 aromatic rings. The molecule has 1 unspecified atom stereocenters. The van der Waals surface area contributed by atoms with Gasteiger partial charge in [-0.2, -0.15) is 0 Å². The van der Waals surface area contributed by atoms with Gasteiger partial charge < -0.3 is 0 Å². The second-order valence-electron chi connectivity index (χ2n) is 6.58. The standard InChI is InChI=1S/C16H21NO3/c1-15(2,3)12-7-9-13(10-8-12)16(17(19)20)11-5-4-6-14(16)18/h7-10H,4-6,11H2,1-3H3. The van der Waals surface area contributed by atoms with Crippen LogP contribution in [0.5, 0.6) is 0 Å². The summed E-state index contributed by atoms with van der Waals surface area (Å²) < 4.78 is 0. The Kier molecular flexibility index (Phi) is 3.67. The Morgan fingerprint density at radius 2 is 1.75 bits per heavy atom. The van der Waals surface area contributed by atoms with Crippen molar-refractivity contribution in [2.24, 2.45) is 0 Å². The lowest BCUT2D eigenvalue weighted by molar-refractivity contribution is -0.563. The molecule has 0 N–H and O–H groups in total. The van der Waals surface area contributed by atoms with Gasteiger partial charge >= 0.3 is 5.54 Å². The maximum absolute atomic E-state index is 12.2. The summed E-state index contributed by atoms with van der Waals surface area (Å²) in [6, 6.07) is 7.32. The zero-order chi connectivity index (χ0) is 15.0. The van der Waals surface area contributed by atoms with Crippen molar-refractivity contribution >= 4 is 5.78 Å². The SMILES string of the molecule is CC(C)(C)c1ccc(C2([N+](=O)[O-])CCCCC2=O)cc1. The van der Waals surface area contributed by atoms with Crippen LogP contribution in [0.2, 0.25) is 0 Å². The van der Waals surface area contributed by atoms with Crippen molar-refractivity contribution in [2.75, 3.05) is 0 Å². The van der Waals surface area contributed by atoms with Crippen LogP contribution in [0, 0.1) is 10.1 Å². The molecule has 1 fully saturated rings. The molecule has 0 saturated heterocycles. The third-order valence-electron chi connectivity index (χ3n) is 4.19. The van der Waals surface area contributed by atoms with Crippen molar-refractivity contribution in [1.29, 1.82) is 0 Å². The van der Waals surface area contributed by atoms with Gasteiger partial charge in [0.1, 0.15) is 0 Å². The van der Waals surface area contributed by atoms with Crippen LogP contribution < -0.4 is 0 Å². The normalized spacial score (nSPS) is 23.6. The monoisotopic (exact) mass is 275 g/mol. The van der Waals surface area contributed by atoms with E-state index in [2.05, 4.69) is 20.8 Å². The minimum atomic E-state index is -1.52. The Balaban J connectivity index is 2.46. The van der Waals surface area contributed by atoms with Crippen molar-refractivity contribution in [2.45, 2.75) is 57.4 Å². The molecule has 4 nitrogen and oxygen atoms in total. The molecular formula is C16H21NO3. The summed E-state index contributed by atoms with van der Waals surface area (Å²) in [5.41, 5.74) is 0.120. The smallest absolute Gasteiger partial charge is 0.291 e. The summed E-state index contributed by atoms with van der Waals surface area (Å²) in [5, 5.41) is 11.6. The first-order valence-electron chi connectivity index (χ1n) is 7.07. The van der Waals surface area contributed by atoms with E-state index < -0.39 is 5.54 Å². The average Bonchev–Trinajstić information content (AvgIpc) is 2.38. The van der Waals surface area contributed by atoms with Crippen LogP contribution in [0.3, 0.4) is 0 Å². The molecule has 20 heavy (non-hydrogen) atoms. The van der Waals surface area contributed by atoms with Gasteiger partial charge in [0.15, 0.2) is 0 Å². The topological polar surface area (TPSA) is 60.2 Å². The van der Waals surface area contributed by atoms with E-state index in [1.807, 2.05) is 12.1 Å². The molecule has 2 rings (SSSR count). The van der Waals surface area contributed by atoms with Crippen LogP contribution in [-0.4, -0.2) is 10.7 Å². The molecule has 108 valence electrons. The number of nitrogens with zero attached hydrogens (tertiary/aromatic N) is 1. The highest BCUT2D eigenvalue weighted by Crippen LogP contribution is 2.38. The van der Waals surface area contributed by atoms with E-state index in [4.69, 9.17) is 0 Å². The van der Waals surface area contributed by atoms with Crippen molar-refractivity contribution in [3.05, 3.63) is 45.5 Å². The van der Waals surface area contributed by atoms with Crippen molar-refractivity contribution in [1.82, 2.24) is 0 Å². The van der Waals surface area contributed by atoms with Gasteiger partial charge in [-0.15, -0.1) is 0 Å². The number of hydrogen-bond donors (Lipinski definition) is 0. The minimum absolute atomic E-state index is 0.00309. The van der Waals surface area contributed by atoms with Gasteiger partial charge in [0.2, 0.25) is 5.78 Å². The molecule has 4 heteroatoms. The first kappa shape index (κ1) is 14.7. The molecule has 0 heterocycles. The maximum atomic E-state index is 12.2. The Labute approximate surface area is 119 Å². The fourth-order valence-corrected chi connectivity index (χ4v) is 2.86. The number of hydrogen-bond acceptors (Lipinski definition) is 3. The number of carbonyl (C=O) groups excluding carboxylic acids is 1. The highest BCUT2D eigenvalue weighted by molar-refractivity contribution is 5.89. The summed E-state index contributed by atoms with van der Waals surface area (Å²) in [7, 11) is 0. The predicted molar refractivity (Wildman–Crippen MR) is 77.3 cm³/mol. The number of carbonyl (C=O) groups is 1. The second kappa shape index (κ2) is 5.00. The van der Waals surface area contributed by atoms with Crippen molar-refractivity contribution in [3.8, 4) is 0 Å². The van der Waals surface area contributed by atoms with Crippen molar-refractivity contribution < 1.29 is 9.72 Å². The first-order valence-corrected chi connectivity index (χ1v) is 7.07. The molecule has 1 atom stereocenters. The Morgan fingerprint density at radius 3 is 2.20 bits per heavy atom. The number of rotatable bonds is 2. The molecule has 0 bridgehead atoms. The predicted octanol–water partition coefficient (Wildman–Crippen LogP) is 3.60. The van der Waals surface area contributed by atoms with Gasteiger partial charge in [-0.05, 0) is 23.8 Å². The van der Waals surface area contributed by atoms with Crippen LogP contribution in [0.4, 0.5) is 0 Å². The average molecular weight is 275 g/mol. The molecule has 0 aliphatic heterocycles. The van der Waals surface area contributed by atoms with Crippen LogP contribution in [0.1, 0.15) is 57.6 Å². The summed E-state index contributed by atoms with van der Waals surface area (Å²) in [6.45, 7) is 6.28. The van der Waals surface area contributed by atoms with Crippen LogP contribution >= 0.6 is 0 Å². The van der Waals surface area contributed by atoms with E-state index in [1.54, 1.807) is 12.1 Å². The number of ketones is 1. The van der Waals surface area contributed by atoms with Crippen LogP contribution in [0.25, 0.3) is 0 Å². The molecular weight excluding hydrogens is 254 g/mol. The molecule has 1 aromatic carbocycles. The minimum Gasteiger partial charge on any atom is -0.291 e. The van der Waals surface area contributed by atoms with Crippen LogP contribution in [0.15, 0.2) is 24.3 Å². The maximum Gasteiger partial charge on any atom is 0.304 e. The molecule has 0 spiro atoms. The van der Waals surface area contributed by atoms with E-state index in [9.17, 15) is 14.9 Å². The highest BCUT2D eigenvalue weighted by atomic mass is 16.6. The van der Waals surface area contributed by atoms with Gasteiger partial charge in [-0.25, -0.2) is 0 Å². The lowest BCUT2D eigenvalue weighted by Gasteiger charge is -2.28. The highest BCUT2D eigenvalue weighted by Gasteiger charge is 2.52. The summed E-state index contributed by atoms with van der Waals surface area (Å²) in [5.74, 6) is -0.253. The number of Topliss-reactive ketones (excluding diaryl/α,β-unsaturated/α-hetero) is 1. The van der Waals surface area contributed by atoms with Crippen LogP contribution in [-0.2, 0) is 15.7 Å². The molecule has 1 aliphatic carbocycles. The summed E-state index contributed by atoms with van der Waals surface area (Å²) in [6.07, 6.45) is 2.11. The molecule has 0 aromatic heterocycles. The number of benzene rings is 1. The van der Waals surface area contributed by atoms with Gasteiger partial charge in [-0.3, -0.25) is 14.9 Å². The zero-order valence-electron chi connectivity index (χ0n) is 12.3. The molecule has 0 radical (unpaired) electrons.